The Labute approximate surface area is 111 Å². The summed E-state index contributed by atoms with van der Waals surface area (Å²) in [5.74, 6) is 0.892. The van der Waals surface area contributed by atoms with Crippen LogP contribution in [-0.2, 0) is 6.18 Å². The third-order valence-corrected chi connectivity index (χ3v) is 4.03. The molecule has 3 nitrogen and oxygen atoms in total. The molecule has 6 heteroatoms. The van der Waals surface area contributed by atoms with E-state index in [4.69, 9.17) is 0 Å². The van der Waals surface area contributed by atoms with E-state index >= 15 is 0 Å². The molecule has 0 aromatic carbocycles. The lowest BCUT2D eigenvalue weighted by atomic mass is 9.76. The normalized spacial score (nSPS) is 32.5. The molecule has 0 bridgehead atoms. The van der Waals surface area contributed by atoms with Gasteiger partial charge in [0.1, 0.15) is 0 Å². The molecule has 4 atom stereocenters. The third kappa shape index (κ3) is 2.94. The van der Waals surface area contributed by atoms with E-state index in [1.54, 1.807) is 0 Å². The number of likely N-dealkylation sites (N-methyl/N-ethyl adjacent to an activating group) is 1. The predicted octanol–water partition coefficient (Wildman–Crippen LogP) is 3.10. The Kier molecular flexibility index (Phi) is 3.90. The smallest absolute Gasteiger partial charge is 0.315 e. The van der Waals surface area contributed by atoms with Crippen molar-refractivity contribution in [3.8, 4) is 0 Å². The Morgan fingerprint density at radius 3 is 2.53 bits per heavy atom. The summed E-state index contributed by atoms with van der Waals surface area (Å²) < 4.78 is 39.4. The van der Waals surface area contributed by atoms with Crippen LogP contribution in [0.2, 0.25) is 0 Å². The number of nitrogens with zero attached hydrogens (tertiary/aromatic N) is 2. The minimum absolute atomic E-state index is 0.0164. The number of aromatic nitrogens is 2. The van der Waals surface area contributed by atoms with Gasteiger partial charge in [-0.1, -0.05) is 13.8 Å². The average Bonchev–Trinajstić information content (AvgIpc) is 2.76. The van der Waals surface area contributed by atoms with Crippen molar-refractivity contribution in [3.05, 3.63) is 18.0 Å². The van der Waals surface area contributed by atoms with Crippen LogP contribution < -0.4 is 5.32 Å². The highest BCUT2D eigenvalue weighted by Crippen LogP contribution is 2.38. The lowest BCUT2D eigenvalue weighted by molar-refractivity contribution is -0.137. The van der Waals surface area contributed by atoms with Crippen LogP contribution in [-0.4, -0.2) is 22.9 Å². The monoisotopic (exact) mass is 275 g/mol. The SMILES string of the molecule is CNC1CC(C)CC(C)C1n1cc(C(F)(F)F)cn1. The van der Waals surface area contributed by atoms with Crippen molar-refractivity contribution in [1.82, 2.24) is 15.1 Å². The van der Waals surface area contributed by atoms with Gasteiger partial charge in [-0.3, -0.25) is 4.68 Å². The number of hydrogen-bond acceptors (Lipinski definition) is 2. The van der Waals surface area contributed by atoms with Crippen molar-refractivity contribution < 1.29 is 13.2 Å². The topological polar surface area (TPSA) is 29.9 Å². The molecule has 1 N–H and O–H groups in total. The van der Waals surface area contributed by atoms with Gasteiger partial charge in [0.2, 0.25) is 0 Å². The van der Waals surface area contributed by atoms with E-state index in [-0.39, 0.29) is 12.1 Å². The second kappa shape index (κ2) is 5.15. The summed E-state index contributed by atoms with van der Waals surface area (Å²) in [5, 5.41) is 7.16. The fraction of sp³-hybridized carbons (Fsp3) is 0.769. The largest absolute Gasteiger partial charge is 0.419 e. The third-order valence-electron chi connectivity index (χ3n) is 4.03. The van der Waals surface area contributed by atoms with Crippen molar-refractivity contribution in [2.24, 2.45) is 11.8 Å². The van der Waals surface area contributed by atoms with Crippen LogP contribution in [0.1, 0.15) is 38.3 Å². The average molecular weight is 275 g/mol. The van der Waals surface area contributed by atoms with Crippen molar-refractivity contribution in [2.45, 2.75) is 44.9 Å². The molecule has 0 aliphatic heterocycles. The zero-order valence-corrected chi connectivity index (χ0v) is 11.4. The summed E-state index contributed by atoms with van der Waals surface area (Å²) in [5.41, 5.74) is -0.673. The maximum absolute atomic E-state index is 12.6. The first kappa shape index (κ1) is 14.4. The molecule has 1 saturated carbocycles. The van der Waals surface area contributed by atoms with Gasteiger partial charge in [0.25, 0.3) is 0 Å². The molecule has 1 aliphatic carbocycles. The maximum atomic E-state index is 12.6. The molecule has 19 heavy (non-hydrogen) atoms. The molecule has 0 amide bonds. The molecule has 1 aromatic heterocycles. The number of alkyl halides is 3. The van der Waals surface area contributed by atoms with Gasteiger partial charge in [0.15, 0.2) is 0 Å². The number of nitrogens with one attached hydrogen (secondary N) is 1. The minimum Gasteiger partial charge on any atom is -0.315 e. The van der Waals surface area contributed by atoms with Crippen LogP contribution in [0.15, 0.2) is 12.4 Å². The molecule has 1 heterocycles. The summed E-state index contributed by atoms with van der Waals surface area (Å²) in [6.45, 7) is 4.26. The molecule has 108 valence electrons. The van der Waals surface area contributed by atoms with Crippen LogP contribution in [0.5, 0.6) is 0 Å². The Hall–Kier alpha value is -1.04. The maximum Gasteiger partial charge on any atom is 0.419 e. The van der Waals surface area contributed by atoms with E-state index in [0.29, 0.717) is 11.8 Å². The fourth-order valence-electron chi connectivity index (χ4n) is 3.22. The molecule has 0 radical (unpaired) electrons. The van der Waals surface area contributed by atoms with Crippen LogP contribution in [0.25, 0.3) is 0 Å². The van der Waals surface area contributed by atoms with Crippen molar-refractivity contribution in [1.29, 1.82) is 0 Å². The Morgan fingerprint density at radius 1 is 1.32 bits per heavy atom. The van der Waals surface area contributed by atoms with Gasteiger partial charge in [-0.25, -0.2) is 0 Å². The first-order chi connectivity index (χ1) is 8.82. The Morgan fingerprint density at radius 2 is 2.00 bits per heavy atom. The highest BCUT2D eigenvalue weighted by molar-refractivity contribution is 5.10. The second-order valence-corrected chi connectivity index (χ2v) is 5.65. The lowest BCUT2D eigenvalue weighted by Gasteiger charge is -2.39. The van der Waals surface area contributed by atoms with Crippen LogP contribution in [0.4, 0.5) is 13.2 Å². The molecule has 0 spiro atoms. The second-order valence-electron chi connectivity index (χ2n) is 5.65. The zero-order chi connectivity index (χ0) is 14.2. The molecular weight excluding hydrogens is 255 g/mol. The standard InChI is InChI=1S/C13H20F3N3/c1-8-4-9(2)12(11(5-8)17-3)19-7-10(6-18-19)13(14,15)16/h6-9,11-12,17H,4-5H2,1-3H3. The molecule has 1 aromatic rings. The van der Waals surface area contributed by atoms with Gasteiger partial charge >= 0.3 is 6.18 Å². The first-order valence-electron chi connectivity index (χ1n) is 6.61. The van der Waals surface area contributed by atoms with Crippen LogP contribution in [0.3, 0.4) is 0 Å². The van der Waals surface area contributed by atoms with E-state index in [1.807, 2.05) is 7.05 Å². The minimum atomic E-state index is -4.32. The molecule has 2 rings (SSSR count). The molecule has 1 aliphatic rings. The Bertz CT molecular complexity index is 427. The molecule has 4 unspecified atom stereocenters. The summed E-state index contributed by atoms with van der Waals surface area (Å²) in [6, 6.07) is 0.150. The first-order valence-corrected chi connectivity index (χ1v) is 6.61. The molecule has 0 saturated heterocycles. The highest BCUT2D eigenvalue weighted by Gasteiger charge is 2.37. The fourth-order valence-corrected chi connectivity index (χ4v) is 3.22. The van der Waals surface area contributed by atoms with Gasteiger partial charge in [0.05, 0.1) is 17.8 Å². The van der Waals surface area contributed by atoms with Crippen LogP contribution >= 0.6 is 0 Å². The van der Waals surface area contributed by atoms with E-state index in [1.165, 1.54) is 4.68 Å². The summed E-state index contributed by atoms with van der Waals surface area (Å²) in [4.78, 5) is 0. The zero-order valence-electron chi connectivity index (χ0n) is 11.4. The number of hydrogen-bond donors (Lipinski definition) is 1. The van der Waals surface area contributed by atoms with E-state index in [2.05, 4.69) is 24.3 Å². The van der Waals surface area contributed by atoms with Gasteiger partial charge in [-0.2, -0.15) is 18.3 Å². The van der Waals surface area contributed by atoms with Gasteiger partial charge in [0, 0.05) is 12.2 Å². The highest BCUT2D eigenvalue weighted by atomic mass is 19.4. The summed E-state index contributed by atoms with van der Waals surface area (Å²) in [6.07, 6.45) is -0.297. The van der Waals surface area contributed by atoms with Crippen LogP contribution in [0, 0.1) is 11.8 Å². The van der Waals surface area contributed by atoms with E-state index in [9.17, 15) is 13.2 Å². The van der Waals surface area contributed by atoms with Crippen molar-refractivity contribution in [2.75, 3.05) is 7.05 Å². The van der Waals surface area contributed by atoms with Crippen molar-refractivity contribution >= 4 is 0 Å². The molecule has 1 fully saturated rings. The van der Waals surface area contributed by atoms with Gasteiger partial charge in [-0.15, -0.1) is 0 Å². The summed E-state index contributed by atoms with van der Waals surface area (Å²) in [7, 11) is 1.86. The quantitative estimate of drug-likeness (QED) is 0.899. The van der Waals surface area contributed by atoms with E-state index < -0.39 is 11.7 Å². The van der Waals surface area contributed by atoms with Gasteiger partial charge < -0.3 is 5.32 Å². The van der Waals surface area contributed by atoms with Gasteiger partial charge in [-0.05, 0) is 31.7 Å². The number of halogens is 3. The predicted molar refractivity (Wildman–Crippen MR) is 66.7 cm³/mol. The van der Waals surface area contributed by atoms with E-state index in [0.717, 1.165) is 25.2 Å². The Balaban J connectivity index is 2.26. The summed E-state index contributed by atoms with van der Waals surface area (Å²) >= 11 is 0. The number of rotatable bonds is 2. The van der Waals surface area contributed by atoms with Crippen molar-refractivity contribution in [3.63, 3.8) is 0 Å². The lowest BCUT2D eigenvalue weighted by Crippen LogP contribution is -2.44. The molecular formula is C13H20F3N3.